The van der Waals surface area contributed by atoms with Crippen LogP contribution in [0, 0.1) is 26.1 Å². The summed E-state index contributed by atoms with van der Waals surface area (Å²) in [6.45, 7) is 4.98. The molecule has 325 valence electrons. The summed E-state index contributed by atoms with van der Waals surface area (Å²) in [7, 11) is 0. The third kappa shape index (κ3) is 15.0. The van der Waals surface area contributed by atoms with Crippen LogP contribution in [0.5, 0.6) is 5.75 Å². The summed E-state index contributed by atoms with van der Waals surface area (Å²) >= 11 is 0. The van der Waals surface area contributed by atoms with E-state index in [1.165, 1.54) is 6.92 Å². The highest BCUT2D eigenvalue weighted by Gasteiger charge is 2.31. The van der Waals surface area contributed by atoms with Crippen molar-refractivity contribution in [2.75, 3.05) is 25.0 Å². The summed E-state index contributed by atoms with van der Waals surface area (Å²) in [4.78, 5) is 99.6. The molecule has 1 fully saturated rings. The van der Waals surface area contributed by atoms with Gasteiger partial charge in [-0.1, -0.05) is 56.3 Å². The number of nitro benzene ring substituents is 2. The highest BCUT2D eigenvalue weighted by molar-refractivity contribution is 5.95. The van der Waals surface area contributed by atoms with Crippen molar-refractivity contribution >= 4 is 52.9 Å². The summed E-state index contributed by atoms with van der Waals surface area (Å²) in [5, 5.41) is 41.5. The Labute approximate surface area is 351 Å². The fourth-order valence-electron chi connectivity index (χ4n) is 6.30. The zero-order valence-corrected chi connectivity index (χ0v) is 33.9. The van der Waals surface area contributed by atoms with Crippen LogP contribution in [-0.4, -0.2) is 95.5 Å². The lowest BCUT2D eigenvalue weighted by atomic mass is 10.0. The van der Waals surface area contributed by atoms with Gasteiger partial charge in [0, 0.05) is 19.0 Å². The number of hydrogen-bond acceptors (Lipinski definition) is 13. The van der Waals surface area contributed by atoms with Gasteiger partial charge in [-0.25, -0.2) is 0 Å². The Bertz CT molecular complexity index is 2030. The summed E-state index contributed by atoms with van der Waals surface area (Å²) in [6.07, 6.45) is 3.21. The molecule has 0 saturated carbocycles. The van der Waals surface area contributed by atoms with Crippen LogP contribution in [0.4, 0.5) is 17.1 Å². The molecule has 1 aliphatic rings. The van der Waals surface area contributed by atoms with Crippen LogP contribution in [0.25, 0.3) is 0 Å². The number of nitro groups is 2. The van der Waals surface area contributed by atoms with E-state index in [4.69, 9.17) is 4.74 Å². The lowest BCUT2D eigenvalue weighted by Gasteiger charge is -2.25. The molecule has 0 aliphatic carbocycles. The number of carbonyl (C=O) groups excluding carboxylic acids is 6. The molecule has 1 saturated heterocycles. The van der Waals surface area contributed by atoms with E-state index in [2.05, 4.69) is 37.2 Å². The molecule has 1 heterocycles. The maximum absolute atomic E-state index is 14.0. The lowest BCUT2D eigenvalue weighted by Crippen LogP contribution is -2.58. The molecule has 4 rings (SSSR count). The largest absolute Gasteiger partial charge is 0.489 e. The minimum atomic E-state index is -1.53. The number of carbonyl (C=O) groups is 5. The first-order valence-corrected chi connectivity index (χ1v) is 19.6. The van der Waals surface area contributed by atoms with Gasteiger partial charge in [-0.05, 0) is 68.0 Å². The second kappa shape index (κ2) is 23.0. The standard InChI is InChI=1S/C41H50N9O11/c1-25(2)18-33(47-39(54)32-10-7-17-42-32)38(53)44-22-37(52)46-34(19-27-11-14-30(15-12-27)61-24-28-8-5-4-6-9-28)40(55)48-35(41(56)45-26(3)23-51)21-43-31-16-13-29(49(57)58)20-36(31)50(59)60/h4-6,8-9,11-16,20,25-26,32-35,42-43H,7,10,17-19,21-22,24H2,1-3H3,(H,44,53)(H,45,56)(H,46,52)(H,47,54)(H,48,55)/t26-,32-,33-,34-,35-/m0/s1. The lowest BCUT2D eigenvalue weighted by molar-refractivity contribution is -0.393. The third-order valence-electron chi connectivity index (χ3n) is 9.46. The molecule has 0 spiro atoms. The summed E-state index contributed by atoms with van der Waals surface area (Å²) < 4.78 is 5.87. The first-order chi connectivity index (χ1) is 29.1. The van der Waals surface area contributed by atoms with Crippen LogP contribution in [0.15, 0.2) is 72.8 Å². The number of rotatable bonds is 23. The van der Waals surface area contributed by atoms with Gasteiger partial charge >= 0.3 is 0 Å². The summed E-state index contributed by atoms with van der Waals surface area (Å²) in [5.41, 5.74) is 0.0600. The van der Waals surface area contributed by atoms with Crippen molar-refractivity contribution in [3.8, 4) is 5.75 Å². The summed E-state index contributed by atoms with van der Waals surface area (Å²) in [5.74, 6) is -2.96. The highest BCUT2D eigenvalue weighted by atomic mass is 16.6. The van der Waals surface area contributed by atoms with Crippen LogP contribution in [0.1, 0.15) is 51.2 Å². The Kier molecular flexibility index (Phi) is 17.6. The highest BCUT2D eigenvalue weighted by Crippen LogP contribution is 2.29. The van der Waals surface area contributed by atoms with Gasteiger partial charge in [0.1, 0.15) is 36.2 Å². The van der Waals surface area contributed by atoms with Crippen LogP contribution in [-0.2, 0) is 41.8 Å². The molecule has 20 nitrogen and oxygen atoms in total. The molecule has 1 radical (unpaired) electrons. The molecule has 5 amide bonds. The van der Waals surface area contributed by atoms with Crippen molar-refractivity contribution in [3.63, 3.8) is 0 Å². The minimum absolute atomic E-state index is 0.0169. The average Bonchev–Trinajstić information content (AvgIpc) is 3.79. The fourth-order valence-corrected chi connectivity index (χ4v) is 6.30. The molecule has 0 aromatic heterocycles. The molecular formula is C41H50N9O11. The number of anilines is 1. The van der Waals surface area contributed by atoms with E-state index in [0.29, 0.717) is 37.3 Å². The van der Waals surface area contributed by atoms with Gasteiger partial charge in [0.2, 0.25) is 35.8 Å². The van der Waals surface area contributed by atoms with Crippen molar-refractivity contribution in [1.29, 1.82) is 0 Å². The van der Waals surface area contributed by atoms with Gasteiger partial charge < -0.3 is 42.0 Å². The number of nitrogens with one attached hydrogen (secondary N) is 7. The van der Waals surface area contributed by atoms with Crippen LogP contribution >= 0.6 is 0 Å². The Morgan fingerprint density at radius 3 is 2.15 bits per heavy atom. The van der Waals surface area contributed by atoms with Gasteiger partial charge in [0.25, 0.3) is 11.4 Å². The van der Waals surface area contributed by atoms with Gasteiger partial charge in [-0.3, -0.25) is 49.0 Å². The van der Waals surface area contributed by atoms with E-state index in [1.54, 1.807) is 30.6 Å². The van der Waals surface area contributed by atoms with Crippen LogP contribution in [0.3, 0.4) is 0 Å². The van der Waals surface area contributed by atoms with Crippen LogP contribution < -0.4 is 42.0 Å². The maximum Gasteiger partial charge on any atom is 0.299 e. The SMILES string of the molecule is CC(C)C[C@H](NC(=O)[C@@H]1CCCN1)C(=O)NCC(=O)N[C@@H](Cc1ccc(OCc2ccccc2)cc1)C(=O)N[C@@H](CNc1ccc([N+](=O)[O-])cc1[N+](=O)[O-])C(=O)N[C@@H](C)[C]=O. The number of amides is 5. The monoisotopic (exact) mass is 844 g/mol. The minimum Gasteiger partial charge on any atom is -0.489 e. The topological polar surface area (TPSA) is 282 Å². The molecule has 1 aliphatic heterocycles. The zero-order chi connectivity index (χ0) is 44.5. The molecule has 3 aromatic rings. The van der Waals surface area contributed by atoms with Crippen molar-refractivity contribution in [3.05, 3.63) is 104 Å². The molecule has 61 heavy (non-hydrogen) atoms. The molecule has 0 unspecified atom stereocenters. The van der Waals surface area contributed by atoms with E-state index in [9.17, 15) is 49.0 Å². The Morgan fingerprint density at radius 1 is 0.820 bits per heavy atom. The second-order valence-electron chi connectivity index (χ2n) is 14.8. The van der Waals surface area contributed by atoms with E-state index in [1.807, 2.05) is 44.2 Å². The van der Waals surface area contributed by atoms with Crippen molar-refractivity contribution in [2.45, 2.75) is 83.3 Å². The van der Waals surface area contributed by atoms with Gasteiger partial charge in [-0.2, -0.15) is 0 Å². The first kappa shape index (κ1) is 46.7. The maximum atomic E-state index is 14.0. The van der Waals surface area contributed by atoms with E-state index in [-0.39, 0.29) is 23.9 Å². The van der Waals surface area contributed by atoms with E-state index < -0.39 is 88.1 Å². The zero-order valence-electron chi connectivity index (χ0n) is 33.9. The number of non-ortho nitro benzene ring substituents is 1. The van der Waals surface area contributed by atoms with Gasteiger partial charge in [0.05, 0.1) is 34.5 Å². The molecule has 0 bridgehead atoms. The molecule has 7 N–H and O–H groups in total. The first-order valence-electron chi connectivity index (χ1n) is 19.6. The number of ether oxygens (including phenoxy) is 1. The quantitative estimate of drug-likeness (QED) is 0.0530. The van der Waals surface area contributed by atoms with E-state index >= 15 is 0 Å². The molecule has 5 atom stereocenters. The second-order valence-corrected chi connectivity index (χ2v) is 14.8. The van der Waals surface area contributed by atoms with Crippen molar-refractivity contribution in [2.24, 2.45) is 5.92 Å². The number of benzene rings is 3. The fraction of sp³-hybridized carbons (Fsp3) is 0.415. The summed E-state index contributed by atoms with van der Waals surface area (Å²) in [6, 6.07) is 13.6. The molecule has 3 aromatic carbocycles. The smallest absolute Gasteiger partial charge is 0.299 e. The predicted molar refractivity (Wildman–Crippen MR) is 222 cm³/mol. The number of hydrogen-bond donors (Lipinski definition) is 7. The van der Waals surface area contributed by atoms with Gasteiger partial charge in [-0.15, -0.1) is 0 Å². The Balaban J connectivity index is 1.53. The normalized spacial score (nSPS) is 15.2. The third-order valence-corrected chi connectivity index (χ3v) is 9.46. The van der Waals surface area contributed by atoms with E-state index in [0.717, 1.165) is 30.2 Å². The Hall–Kier alpha value is -6.96. The Morgan fingerprint density at radius 2 is 1.52 bits per heavy atom. The molecule has 20 heteroatoms. The number of nitrogens with zero attached hydrogens (tertiary/aromatic N) is 2. The van der Waals surface area contributed by atoms with Crippen molar-refractivity contribution in [1.82, 2.24) is 31.9 Å². The average molecular weight is 845 g/mol. The molecular weight excluding hydrogens is 795 g/mol. The van der Waals surface area contributed by atoms with Gasteiger partial charge in [0.15, 0.2) is 0 Å². The van der Waals surface area contributed by atoms with Crippen LogP contribution in [0.2, 0.25) is 0 Å². The van der Waals surface area contributed by atoms with Crippen molar-refractivity contribution < 1.29 is 43.4 Å². The predicted octanol–water partition coefficient (Wildman–Crippen LogP) is 1.72.